The van der Waals surface area contributed by atoms with Gasteiger partial charge in [-0.3, -0.25) is 0 Å². The van der Waals surface area contributed by atoms with Gasteiger partial charge in [-0.05, 0) is 46.7 Å². The van der Waals surface area contributed by atoms with Crippen LogP contribution in [0.4, 0.5) is 0 Å². The molecule has 0 amide bonds. The molecule has 0 unspecified atom stereocenters. The van der Waals surface area contributed by atoms with Crippen LogP contribution in [0.15, 0.2) is 46.0 Å². The third kappa shape index (κ3) is 3.70. The van der Waals surface area contributed by atoms with Crippen molar-refractivity contribution in [1.29, 1.82) is 5.26 Å². The molecule has 0 atom stereocenters. The van der Waals surface area contributed by atoms with E-state index in [1.807, 2.05) is 36.7 Å². The average Bonchev–Trinajstić information content (AvgIpc) is 3.01. The minimum atomic E-state index is -3.57. The highest BCUT2D eigenvalue weighted by Crippen LogP contribution is 2.25. The molecular formula is C15H16N2O2S2. The van der Waals surface area contributed by atoms with E-state index in [0.29, 0.717) is 12.1 Å². The van der Waals surface area contributed by atoms with Crippen LogP contribution in [0.3, 0.4) is 0 Å². The van der Waals surface area contributed by atoms with Gasteiger partial charge < -0.3 is 0 Å². The maximum absolute atomic E-state index is 12.3. The number of sulfonamides is 1. The third-order valence-electron chi connectivity index (χ3n) is 3.30. The highest BCUT2D eigenvalue weighted by molar-refractivity contribution is 7.89. The van der Waals surface area contributed by atoms with Gasteiger partial charge in [0.2, 0.25) is 10.0 Å². The Balaban J connectivity index is 2.13. The molecule has 0 saturated heterocycles. The minimum Gasteiger partial charge on any atom is -0.210 e. The van der Waals surface area contributed by atoms with Gasteiger partial charge in [0.15, 0.2) is 0 Å². The van der Waals surface area contributed by atoms with Gasteiger partial charge in [0, 0.05) is 12.0 Å². The van der Waals surface area contributed by atoms with Crippen molar-refractivity contribution in [3.63, 3.8) is 0 Å². The fourth-order valence-corrected chi connectivity index (χ4v) is 3.88. The van der Waals surface area contributed by atoms with Gasteiger partial charge in [-0.2, -0.15) is 16.6 Å². The summed E-state index contributed by atoms with van der Waals surface area (Å²) in [6.45, 7) is 4.30. The first-order chi connectivity index (χ1) is 9.85. The Morgan fingerprint density at radius 1 is 1.24 bits per heavy atom. The van der Waals surface area contributed by atoms with Gasteiger partial charge in [0.25, 0.3) is 0 Å². The van der Waals surface area contributed by atoms with Crippen molar-refractivity contribution in [2.45, 2.75) is 24.2 Å². The van der Waals surface area contributed by atoms with Crippen LogP contribution in [0.2, 0.25) is 0 Å². The van der Waals surface area contributed by atoms with E-state index in [9.17, 15) is 8.42 Å². The second-order valence-electron chi connectivity index (χ2n) is 5.36. The molecule has 0 aliphatic rings. The van der Waals surface area contributed by atoms with Gasteiger partial charge >= 0.3 is 0 Å². The lowest BCUT2D eigenvalue weighted by atomic mass is 9.87. The number of thiophene rings is 1. The Morgan fingerprint density at radius 2 is 1.90 bits per heavy atom. The summed E-state index contributed by atoms with van der Waals surface area (Å²) >= 11 is 1.59. The van der Waals surface area contributed by atoms with Crippen LogP contribution in [0.25, 0.3) is 0 Å². The van der Waals surface area contributed by atoms with Crippen molar-refractivity contribution < 1.29 is 8.42 Å². The first-order valence-corrected chi connectivity index (χ1v) is 8.80. The Kier molecular flexibility index (Phi) is 4.47. The molecule has 0 radical (unpaired) electrons. The van der Waals surface area contributed by atoms with Crippen molar-refractivity contribution >= 4 is 21.4 Å². The fraction of sp³-hybridized carbons (Fsp3) is 0.267. The van der Waals surface area contributed by atoms with Gasteiger partial charge in [-0.1, -0.05) is 13.8 Å². The SMILES string of the molecule is CC(C)(CNS(=O)(=O)c1ccc(C#N)cc1)c1ccsc1. The first kappa shape index (κ1) is 15.7. The lowest BCUT2D eigenvalue weighted by molar-refractivity contribution is 0.503. The lowest BCUT2D eigenvalue weighted by Gasteiger charge is -2.24. The maximum atomic E-state index is 12.3. The van der Waals surface area contributed by atoms with Gasteiger partial charge in [0.05, 0.1) is 16.5 Å². The minimum absolute atomic E-state index is 0.169. The molecule has 1 heterocycles. The monoisotopic (exact) mass is 320 g/mol. The van der Waals surface area contributed by atoms with Crippen LogP contribution in [0, 0.1) is 11.3 Å². The second-order valence-corrected chi connectivity index (χ2v) is 7.90. The first-order valence-electron chi connectivity index (χ1n) is 6.38. The molecule has 110 valence electrons. The van der Waals surface area contributed by atoms with E-state index in [2.05, 4.69) is 4.72 Å². The molecule has 0 bridgehead atoms. The predicted octanol–water partition coefficient (Wildman–Crippen LogP) is 2.88. The average molecular weight is 320 g/mol. The van der Waals surface area contributed by atoms with Crippen molar-refractivity contribution in [2.24, 2.45) is 0 Å². The largest absolute Gasteiger partial charge is 0.240 e. The third-order valence-corrected chi connectivity index (χ3v) is 5.40. The molecule has 0 aliphatic heterocycles. The molecular weight excluding hydrogens is 304 g/mol. The Bertz CT molecular complexity index is 740. The van der Waals surface area contributed by atoms with Gasteiger partial charge in [-0.25, -0.2) is 13.1 Å². The second kappa shape index (κ2) is 5.98. The fourth-order valence-electron chi connectivity index (χ4n) is 1.82. The van der Waals surface area contributed by atoms with Crippen LogP contribution in [-0.4, -0.2) is 15.0 Å². The Hall–Kier alpha value is -1.68. The van der Waals surface area contributed by atoms with Crippen molar-refractivity contribution in [3.05, 3.63) is 52.2 Å². The van der Waals surface area contributed by atoms with E-state index in [0.717, 1.165) is 5.56 Å². The molecule has 1 N–H and O–H groups in total. The summed E-state index contributed by atoms with van der Waals surface area (Å²) in [7, 11) is -3.57. The quantitative estimate of drug-likeness (QED) is 0.921. The number of benzene rings is 1. The molecule has 0 fully saturated rings. The molecule has 4 nitrogen and oxygen atoms in total. The number of nitrogens with zero attached hydrogens (tertiary/aromatic N) is 1. The smallest absolute Gasteiger partial charge is 0.210 e. The van der Waals surface area contributed by atoms with Crippen LogP contribution < -0.4 is 4.72 Å². The van der Waals surface area contributed by atoms with E-state index >= 15 is 0 Å². The number of nitriles is 1. The summed E-state index contributed by atoms with van der Waals surface area (Å²) in [5.74, 6) is 0. The van der Waals surface area contributed by atoms with Crippen LogP contribution in [0.5, 0.6) is 0 Å². The number of nitrogens with one attached hydrogen (secondary N) is 1. The summed E-state index contributed by atoms with van der Waals surface area (Å²) in [5.41, 5.74) is 1.27. The molecule has 1 aromatic heterocycles. The summed E-state index contributed by atoms with van der Waals surface area (Å²) in [4.78, 5) is 0.169. The normalized spacial score (nSPS) is 12.0. The molecule has 2 rings (SSSR count). The topological polar surface area (TPSA) is 70.0 Å². The number of rotatable bonds is 5. The van der Waals surface area contributed by atoms with Crippen molar-refractivity contribution in [1.82, 2.24) is 4.72 Å². The molecule has 0 spiro atoms. The molecule has 6 heteroatoms. The highest BCUT2D eigenvalue weighted by Gasteiger charge is 2.24. The van der Waals surface area contributed by atoms with E-state index in [1.54, 1.807) is 11.3 Å². The molecule has 1 aromatic carbocycles. The summed E-state index contributed by atoms with van der Waals surface area (Å²) in [6, 6.07) is 9.85. The van der Waals surface area contributed by atoms with E-state index in [-0.39, 0.29) is 10.3 Å². The maximum Gasteiger partial charge on any atom is 0.240 e. The highest BCUT2D eigenvalue weighted by atomic mass is 32.2. The molecule has 21 heavy (non-hydrogen) atoms. The lowest BCUT2D eigenvalue weighted by Crippen LogP contribution is -2.36. The van der Waals surface area contributed by atoms with Crippen molar-refractivity contribution in [2.75, 3.05) is 6.54 Å². The van der Waals surface area contributed by atoms with Crippen LogP contribution >= 0.6 is 11.3 Å². The summed E-state index contributed by atoms with van der Waals surface area (Å²) < 4.78 is 27.1. The van der Waals surface area contributed by atoms with Gasteiger partial charge in [-0.15, -0.1) is 0 Å². The summed E-state index contributed by atoms with van der Waals surface area (Å²) in [5, 5.41) is 12.7. The number of hydrogen-bond donors (Lipinski definition) is 1. The zero-order valence-electron chi connectivity index (χ0n) is 11.8. The van der Waals surface area contributed by atoms with E-state index < -0.39 is 10.0 Å². The van der Waals surface area contributed by atoms with Crippen LogP contribution in [0.1, 0.15) is 25.0 Å². The van der Waals surface area contributed by atoms with E-state index in [4.69, 9.17) is 5.26 Å². The van der Waals surface area contributed by atoms with E-state index in [1.165, 1.54) is 24.3 Å². The zero-order chi connectivity index (χ0) is 15.5. The van der Waals surface area contributed by atoms with Crippen LogP contribution in [-0.2, 0) is 15.4 Å². The number of hydrogen-bond acceptors (Lipinski definition) is 4. The standard InChI is InChI=1S/C15H16N2O2S2/c1-15(2,13-7-8-20-10-13)11-17-21(18,19)14-5-3-12(9-16)4-6-14/h3-8,10,17H,11H2,1-2H3. The molecule has 0 aliphatic carbocycles. The van der Waals surface area contributed by atoms with Gasteiger partial charge in [0.1, 0.15) is 0 Å². The summed E-state index contributed by atoms with van der Waals surface area (Å²) in [6.07, 6.45) is 0. The Morgan fingerprint density at radius 3 is 2.43 bits per heavy atom. The zero-order valence-corrected chi connectivity index (χ0v) is 13.5. The van der Waals surface area contributed by atoms with Crippen molar-refractivity contribution in [3.8, 4) is 6.07 Å². The molecule has 0 saturated carbocycles. The Labute approximate surface area is 129 Å². The molecule has 2 aromatic rings. The predicted molar refractivity (Wildman–Crippen MR) is 83.7 cm³/mol.